The second-order valence-corrected chi connectivity index (χ2v) is 15.0. The van der Waals surface area contributed by atoms with Gasteiger partial charge in [-0.1, -0.05) is 135 Å². The summed E-state index contributed by atoms with van der Waals surface area (Å²) in [6.45, 7) is 4.71. The molecule has 11 rings (SSSR count). The van der Waals surface area contributed by atoms with Gasteiger partial charge in [-0.15, -0.1) is 0 Å². The lowest BCUT2D eigenvalue weighted by Gasteiger charge is -2.22. The Hall–Kier alpha value is -6.84. The molecule has 1 aliphatic rings. The number of hydrogen-bond acceptors (Lipinski definition) is 3. The van der Waals surface area contributed by atoms with E-state index in [0.717, 1.165) is 55.4 Å². The molecule has 0 saturated heterocycles. The van der Waals surface area contributed by atoms with E-state index in [0.29, 0.717) is 5.82 Å². The number of para-hydroxylation sites is 1. The molecule has 1 aliphatic carbocycles. The number of nitrogens with zero attached hydrogens (tertiary/aromatic N) is 2. The zero-order valence-electron chi connectivity index (χ0n) is 30.0. The molecule has 0 N–H and O–H groups in total. The van der Waals surface area contributed by atoms with Gasteiger partial charge in [-0.2, -0.15) is 0 Å². The van der Waals surface area contributed by atoms with Gasteiger partial charge in [0, 0.05) is 32.9 Å². The van der Waals surface area contributed by atoms with Gasteiger partial charge in [0.15, 0.2) is 5.82 Å². The summed E-state index contributed by atoms with van der Waals surface area (Å²) in [5.74, 6) is 0.695. The summed E-state index contributed by atoms with van der Waals surface area (Å²) < 4.78 is 6.16. The molecule has 0 unspecified atom stereocenters. The van der Waals surface area contributed by atoms with E-state index in [2.05, 4.69) is 153 Å². The highest BCUT2D eigenvalue weighted by Gasteiger charge is 2.36. The highest BCUT2D eigenvalue weighted by atomic mass is 16.3. The largest absolute Gasteiger partial charge is 0.456 e. The Labute approximate surface area is 313 Å². The molecule has 0 radical (unpaired) electrons. The maximum atomic E-state index is 6.16. The summed E-state index contributed by atoms with van der Waals surface area (Å²) in [6, 6.07) is 60.7. The molecule has 10 aromatic rings. The maximum absolute atomic E-state index is 6.16. The quantitative estimate of drug-likeness (QED) is 0.184. The zero-order chi connectivity index (χ0) is 36.0. The molecule has 54 heavy (non-hydrogen) atoms. The maximum Gasteiger partial charge on any atom is 0.160 e. The first-order valence-electron chi connectivity index (χ1n) is 18.6. The first-order valence-corrected chi connectivity index (χ1v) is 18.6. The Morgan fingerprint density at radius 1 is 0.389 bits per heavy atom. The average molecular weight is 691 g/mol. The Morgan fingerprint density at radius 2 is 1.02 bits per heavy atom. The van der Waals surface area contributed by atoms with Gasteiger partial charge in [0.1, 0.15) is 11.2 Å². The molecule has 0 bridgehead atoms. The summed E-state index contributed by atoms with van der Waals surface area (Å²) >= 11 is 0. The van der Waals surface area contributed by atoms with Crippen molar-refractivity contribution < 1.29 is 4.42 Å². The second-order valence-electron chi connectivity index (χ2n) is 15.0. The van der Waals surface area contributed by atoms with Gasteiger partial charge in [0.2, 0.25) is 0 Å². The van der Waals surface area contributed by atoms with E-state index >= 15 is 0 Å². The van der Waals surface area contributed by atoms with Crippen LogP contribution in [0.2, 0.25) is 0 Å². The number of rotatable bonds is 4. The molecule has 0 aliphatic heterocycles. The molecule has 3 heteroatoms. The van der Waals surface area contributed by atoms with E-state index in [9.17, 15) is 0 Å². The first kappa shape index (κ1) is 30.8. The van der Waals surface area contributed by atoms with Crippen LogP contribution in [0.15, 0.2) is 174 Å². The van der Waals surface area contributed by atoms with Gasteiger partial charge in [-0.25, -0.2) is 9.97 Å². The molecule has 254 valence electrons. The van der Waals surface area contributed by atoms with Crippen molar-refractivity contribution in [3.05, 3.63) is 181 Å². The van der Waals surface area contributed by atoms with Gasteiger partial charge in [-0.05, 0) is 103 Å². The van der Waals surface area contributed by atoms with Crippen LogP contribution in [0.1, 0.15) is 25.0 Å². The van der Waals surface area contributed by atoms with Crippen molar-refractivity contribution in [2.75, 3.05) is 0 Å². The number of fused-ring (bicyclic) bond motifs is 8. The van der Waals surface area contributed by atoms with Gasteiger partial charge in [0.25, 0.3) is 0 Å². The molecule has 0 saturated carbocycles. The Morgan fingerprint density at radius 3 is 1.85 bits per heavy atom. The monoisotopic (exact) mass is 690 g/mol. The van der Waals surface area contributed by atoms with E-state index < -0.39 is 0 Å². The van der Waals surface area contributed by atoms with Crippen LogP contribution in [0.25, 0.3) is 99.6 Å². The third-order valence-electron chi connectivity index (χ3n) is 11.5. The number of benzene rings is 8. The molecule has 0 fully saturated rings. The lowest BCUT2D eigenvalue weighted by atomic mass is 9.81. The average Bonchev–Trinajstić information content (AvgIpc) is 3.70. The lowest BCUT2D eigenvalue weighted by molar-refractivity contribution is 0.661. The minimum absolute atomic E-state index is 0.0738. The standard InChI is InChI=1S/C51H34N2O/c1-51(2)44-24-20-34(27-41(44)42-26-32-14-6-7-15-33(32)29-45(42)51)36-22-23-39(38-17-9-8-16-37(36)38)47-30-46(52-50(53-47)31-12-4-3-5-13-31)35-21-25-49-43(28-35)40-18-10-11-19-48(40)54-49/h3-30H,1-2H3. The molecule has 3 nitrogen and oxygen atoms in total. The Balaban J connectivity index is 1.08. The highest BCUT2D eigenvalue weighted by molar-refractivity contribution is 6.07. The van der Waals surface area contributed by atoms with Crippen molar-refractivity contribution in [2.45, 2.75) is 19.3 Å². The van der Waals surface area contributed by atoms with Crippen LogP contribution in [0, 0.1) is 0 Å². The van der Waals surface area contributed by atoms with Gasteiger partial charge >= 0.3 is 0 Å². The number of aromatic nitrogens is 2. The summed E-state index contributed by atoms with van der Waals surface area (Å²) in [7, 11) is 0. The molecule has 0 amide bonds. The first-order chi connectivity index (χ1) is 26.5. The number of furan rings is 1. The van der Waals surface area contributed by atoms with Crippen LogP contribution in [-0.2, 0) is 5.41 Å². The molecule has 2 heterocycles. The van der Waals surface area contributed by atoms with E-state index in [1.807, 2.05) is 30.3 Å². The van der Waals surface area contributed by atoms with Gasteiger partial charge < -0.3 is 4.42 Å². The van der Waals surface area contributed by atoms with Crippen LogP contribution in [-0.4, -0.2) is 9.97 Å². The topological polar surface area (TPSA) is 38.9 Å². The van der Waals surface area contributed by atoms with Crippen molar-refractivity contribution in [1.29, 1.82) is 0 Å². The van der Waals surface area contributed by atoms with Crippen molar-refractivity contribution in [3.63, 3.8) is 0 Å². The fourth-order valence-electron chi connectivity index (χ4n) is 8.71. The smallest absolute Gasteiger partial charge is 0.160 e. The summed E-state index contributed by atoms with van der Waals surface area (Å²) in [6.07, 6.45) is 0. The Bertz CT molecular complexity index is 3130. The lowest BCUT2D eigenvalue weighted by Crippen LogP contribution is -2.14. The minimum Gasteiger partial charge on any atom is -0.456 e. The summed E-state index contributed by atoms with van der Waals surface area (Å²) in [5, 5.41) is 7.09. The molecule has 8 aromatic carbocycles. The fraction of sp³-hybridized carbons (Fsp3) is 0.0588. The molecule has 0 atom stereocenters. The van der Waals surface area contributed by atoms with Crippen molar-refractivity contribution in [3.8, 4) is 56.2 Å². The van der Waals surface area contributed by atoms with Crippen LogP contribution >= 0.6 is 0 Å². The van der Waals surface area contributed by atoms with E-state index in [1.165, 1.54) is 49.5 Å². The van der Waals surface area contributed by atoms with E-state index in [1.54, 1.807) is 0 Å². The van der Waals surface area contributed by atoms with Crippen molar-refractivity contribution in [2.24, 2.45) is 0 Å². The molecular formula is C51H34N2O. The van der Waals surface area contributed by atoms with Crippen molar-refractivity contribution in [1.82, 2.24) is 9.97 Å². The highest BCUT2D eigenvalue weighted by Crippen LogP contribution is 2.51. The minimum atomic E-state index is -0.0738. The normalized spacial score (nSPS) is 13.1. The molecule has 2 aromatic heterocycles. The molecule has 0 spiro atoms. The number of hydrogen-bond donors (Lipinski definition) is 0. The third kappa shape index (κ3) is 4.68. The molecular weight excluding hydrogens is 657 g/mol. The predicted octanol–water partition coefficient (Wildman–Crippen LogP) is 13.7. The van der Waals surface area contributed by atoms with Crippen molar-refractivity contribution >= 4 is 43.5 Å². The van der Waals surface area contributed by atoms with E-state index in [4.69, 9.17) is 14.4 Å². The SMILES string of the molecule is CC1(C)c2ccc(-c3ccc(-c4cc(-c5ccc6oc7ccccc7c6c5)nc(-c5ccccc5)n4)c4ccccc34)cc2-c2cc3ccccc3cc21. The summed E-state index contributed by atoms with van der Waals surface area (Å²) in [5.41, 5.74) is 14.3. The van der Waals surface area contributed by atoms with Crippen LogP contribution in [0.5, 0.6) is 0 Å². The van der Waals surface area contributed by atoms with Crippen LogP contribution in [0.4, 0.5) is 0 Å². The second kappa shape index (κ2) is 11.6. The predicted molar refractivity (Wildman–Crippen MR) is 224 cm³/mol. The van der Waals surface area contributed by atoms with Crippen LogP contribution in [0.3, 0.4) is 0 Å². The van der Waals surface area contributed by atoms with Crippen LogP contribution < -0.4 is 0 Å². The van der Waals surface area contributed by atoms with E-state index in [-0.39, 0.29) is 5.41 Å². The van der Waals surface area contributed by atoms with Gasteiger partial charge in [0.05, 0.1) is 11.4 Å². The zero-order valence-corrected chi connectivity index (χ0v) is 30.0. The third-order valence-corrected chi connectivity index (χ3v) is 11.5. The summed E-state index contributed by atoms with van der Waals surface area (Å²) in [4.78, 5) is 10.4. The van der Waals surface area contributed by atoms with Gasteiger partial charge in [-0.3, -0.25) is 0 Å². The fourth-order valence-corrected chi connectivity index (χ4v) is 8.71. The Kier molecular flexibility index (Phi) is 6.60.